The normalized spacial score (nSPS) is 26.5. The fourth-order valence-corrected chi connectivity index (χ4v) is 2.62. The van der Waals surface area contributed by atoms with Gasteiger partial charge in [0.15, 0.2) is 0 Å². The highest BCUT2D eigenvalue weighted by Crippen LogP contribution is 2.43. The third-order valence-electron chi connectivity index (χ3n) is 4.56. The Kier molecular flexibility index (Phi) is 3.96. The molecule has 1 saturated carbocycles. The van der Waals surface area contributed by atoms with Crippen molar-refractivity contribution in [2.75, 3.05) is 6.54 Å². The van der Waals surface area contributed by atoms with Crippen LogP contribution in [0.1, 0.15) is 45.6 Å². The van der Waals surface area contributed by atoms with Crippen LogP contribution in [0.25, 0.3) is 0 Å². The van der Waals surface area contributed by atoms with E-state index < -0.39 is 0 Å². The Hall–Kier alpha value is -1.33. The minimum atomic E-state index is -0.255. The maximum atomic E-state index is 9.50. The SMILES string of the molecule is CCC(C)(C)CNC1CC(C#N)(c2ccccc2)C1. The third kappa shape index (κ3) is 2.98. The Balaban J connectivity index is 1.92. The minimum absolute atomic E-state index is 0.255. The first kappa shape index (κ1) is 14.1. The van der Waals surface area contributed by atoms with Gasteiger partial charge in [0.05, 0.1) is 11.5 Å². The summed E-state index contributed by atoms with van der Waals surface area (Å²) in [4.78, 5) is 0. The van der Waals surface area contributed by atoms with E-state index in [-0.39, 0.29) is 5.41 Å². The molecule has 0 heterocycles. The first-order valence-corrected chi connectivity index (χ1v) is 7.21. The number of benzene rings is 1. The lowest BCUT2D eigenvalue weighted by Crippen LogP contribution is -2.52. The highest BCUT2D eigenvalue weighted by Gasteiger charge is 2.46. The summed E-state index contributed by atoms with van der Waals surface area (Å²) in [7, 11) is 0. The number of nitrogens with one attached hydrogen (secondary N) is 1. The predicted molar refractivity (Wildman–Crippen MR) is 78.8 cm³/mol. The van der Waals surface area contributed by atoms with Crippen molar-refractivity contribution < 1.29 is 0 Å². The molecule has 1 aliphatic carbocycles. The molecular weight excluding hydrogens is 232 g/mol. The highest BCUT2D eigenvalue weighted by atomic mass is 14.9. The largest absolute Gasteiger partial charge is 0.313 e. The Bertz CT molecular complexity index is 450. The van der Waals surface area contributed by atoms with Crippen molar-refractivity contribution in [3.8, 4) is 6.07 Å². The van der Waals surface area contributed by atoms with E-state index in [0.29, 0.717) is 11.5 Å². The summed E-state index contributed by atoms with van der Waals surface area (Å²) in [5.41, 5.74) is 1.26. The number of hydrogen-bond acceptors (Lipinski definition) is 2. The van der Waals surface area contributed by atoms with E-state index in [1.165, 1.54) is 12.0 Å². The van der Waals surface area contributed by atoms with E-state index in [1.807, 2.05) is 18.2 Å². The standard InChI is InChI=1S/C17H24N2/c1-4-16(2,3)13-19-15-10-17(11-15,12-18)14-8-6-5-7-9-14/h5-9,15,19H,4,10-11,13H2,1-3H3. The van der Waals surface area contributed by atoms with Gasteiger partial charge in [0.25, 0.3) is 0 Å². The second-order valence-corrected chi connectivity index (χ2v) is 6.56. The van der Waals surface area contributed by atoms with Gasteiger partial charge in [-0.25, -0.2) is 0 Å². The van der Waals surface area contributed by atoms with Crippen LogP contribution in [0, 0.1) is 16.7 Å². The molecule has 0 unspecified atom stereocenters. The molecule has 0 aliphatic heterocycles. The molecular formula is C17H24N2. The number of rotatable bonds is 5. The zero-order chi connectivity index (χ0) is 13.9. The zero-order valence-corrected chi connectivity index (χ0v) is 12.2. The van der Waals surface area contributed by atoms with Gasteiger partial charge in [-0.1, -0.05) is 51.1 Å². The lowest BCUT2D eigenvalue weighted by Gasteiger charge is -2.44. The second-order valence-electron chi connectivity index (χ2n) is 6.56. The molecule has 1 aromatic carbocycles. The van der Waals surface area contributed by atoms with E-state index in [4.69, 9.17) is 0 Å². The number of nitriles is 1. The molecule has 0 spiro atoms. The van der Waals surface area contributed by atoms with Gasteiger partial charge in [0, 0.05) is 12.6 Å². The average molecular weight is 256 g/mol. The van der Waals surface area contributed by atoms with Gasteiger partial charge in [-0.15, -0.1) is 0 Å². The molecule has 1 aliphatic rings. The van der Waals surface area contributed by atoms with Crippen molar-refractivity contribution in [2.24, 2.45) is 5.41 Å². The van der Waals surface area contributed by atoms with Crippen LogP contribution in [0.2, 0.25) is 0 Å². The summed E-state index contributed by atoms with van der Waals surface area (Å²) in [5, 5.41) is 13.1. The van der Waals surface area contributed by atoms with Crippen LogP contribution in [0.4, 0.5) is 0 Å². The lowest BCUT2D eigenvalue weighted by atomic mass is 9.62. The third-order valence-corrected chi connectivity index (χ3v) is 4.56. The molecule has 102 valence electrons. The molecule has 0 bridgehead atoms. The molecule has 0 saturated heterocycles. The van der Waals surface area contributed by atoms with Crippen LogP contribution in [0.5, 0.6) is 0 Å². The summed E-state index contributed by atoms with van der Waals surface area (Å²) in [6.07, 6.45) is 3.05. The molecule has 1 N–H and O–H groups in total. The average Bonchev–Trinajstić information content (AvgIpc) is 2.39. The minimum Gasteiger partial charge on any atom is -0.313 e. The molecule has 1 aromatic rings. The molecule has 1 fully saturated rings. The van der Waals surface area contributed by atoms with Crippen molar-refractivity contribution in [3.05, 3.63) is 35.9 Å². The van der Waals surface area contributed by atoms with Crippen molar-refractivity contribution in [1.29, 1.82) is 5.26 Å². The van der Waals surface area contributed by atoms with Crippen LogP contribution in [-0.2, 0) is 5.41 Å². The van der Waals surface area contributed by atoms with E-state index in [9.17, 15) is 5.26 Å². The van der Waals surface area contributed by atoms with E-state index in [0.717, 1.165) is 19.4 Å². The Morgan fingerprint density at radius 1 is 1.32 bits per heavy atom. The van der Waals surface area contributed by atoms with Gasteiger partial charge in [0.2, 0.25) is 0 Å². The van der Waals surface area contributed by atoms with E-state index in [2.05, 4.69) is 44.3 Å². The molecule has 19 heavy (non-hydrogen) atoms. The Morgan fingerprint density at radius 2 is 1.95 bits per heavy atom. The first-order chi connectivity index (χ1) is 9.01. The maximum Gasteiger partial charge on any atom is 0.0852 e. The molecule has 0 aromatic heterocycles. The molecule has 0 radical (unpaired) electrons. The molecule has 2 nitrogen and oxygen atoms in total. The van der Waals surface area contributed by atoms with Gasteiger partial charge in [-0.3, -0.25) is 0 Å². The molecule has 2 rings (SSSR count). The van der Waals surface area contributed by atoms with Crippen molar-refractivity contribution in [3.63, 3.8) is 0 Å². The van der Waals surface area contributed by atoms with Crippen LogP contribution in [-0.4, -0.2) is 12.6 Å². The summed E-state index contributed by atoms with van der Waals surface area (Å²) < 4.78 is 0. The first-order valence-electron chi connectivity index (χ1n) is 7.21. The maximum absolute atomic E-state index is 9.50. The summed E-state index contributed by atoms with van der Waals surface area (Å²) in [6.45, 7) is 7.83. The van der Waals surface area contributed by atoms with Gasteiger partial charge in [-0.2, -0.15) is 5.26 Å². The van der Waals surface area contributed by atoms with Gasteiger partial charge in [0.1, 0.15) is 0 Å². The Labute approximate surface area is 116 Å². The van der Waals surface area contributed by atoms with Crippen LogP contribution in [0.3, 0.4) is 0 Å². The van der Waals surface area contributed by atoms with Crippen LogP contribution in [0.15, 0.2) is 30.3 Å². The van der Waals surface area contributed by atoms with Crippen LogP contribution >= 0.6 is 0 Å². The quantitative estimate of drug-likeness (QED) is 0.873. The topological polar surface area (TPSA) is 35.8 Å². The fraction of sp³-hybridized carbons (Fsp3) is 0.588. The second kappa shape index (κ2) is 5.35. The zero-order valence-electron chi connectivity index (χ0n) is 12.2. The monoisotopic (exact) mass is 256 g/mol. The van der Waals surface area contributed by atoms with E-state index >= 15 is 0 Å². The van der Waals surface area contributed by atoms with Gasteiger partial charge < -0.3 is 5.32 Å². The van der Waals surface area contributed by atoms with Gasteiger partial charge >= 0.3 is 0 Å². The van der Waals surface area contributed by atoms with Crippen molar-refractivity contribution >= 4 is 0 Å². The number of hydrogen-bond donors (Lipinski definition) is 1. The fourth-order valence-electron chi connectivity index (χ4n) is 2.62. The molecule has 0 amide bonds. The highest BCUT2D eigenvalue weighted by molar-refractivity contribution is 5.36. The Morgan fingerprint density at radius 3 is 2.47 bits per heavy atom. The summed E-state index contributed by atoms with van der Waals surface area (Å²) in [6, 6.07) is 13.2. The van der Waals surface area contributed by atoms with E-state index in [1.54, 1.807) is 0 Å². The lowest BCUT2D eigenvalue weighted by molar-refractivity contribution is 0.198. The molecule has 2 heteroatoms. The summed E-state index contributed by atoms with van der Waals surface area (Å²) >= 11 is 0. The van der Waals surface area contributed by atoms with Crippen molar-refractivity contribution in [1.82, 2.24) is 5.32 Å². The smallest absolute Gasteiger partial charge is 0.0852 e. The van der Waals surface area contributed by atoms with Crippen molar-refractivity contribution in [2.45, 2.75) is 51.5 Å². The number of nitrogens with zero attached hydrogens (tertiary/aromatic N) is 1. The van der Waals surface area contributed by atoms with Crippen LogP contribution < -0.4 is 5.32 Å². The molecule has 0 atom stereocenters. The van der Waals surface area contributed by atoms with Gasteiger partial charge in [-0.05, 0) is 30.2 Å². The predicted octanol–water partition coefficient (Wildman–Crippen LogP) is 3.64. The summed E-state index contributed by atoms with van der Waals surface area (Å²) in [5.74, 6) is 0.